The van der Waals surface area contributed by atoms with Crippen LogP contribution in [0.4, 0.5) is 5.69 Å². The summed E-state index contributed by atoms with van der Waals surface area (Å²) < 4.78 is 33.1. The Balaban J connectivity index is 1.64. The van der Waals surface area contributed by atoms with Crippen molar-refractivity contribution in [3.8, 4) is 5.75 Å². The van der Waals surface area contributed by atoms with Crippen molar-refractivity contribution in [1.29, 1.82) is 0 Å². The molecule has 9 heteroatoms. The molecule has 0 aliphatic heterocycles. The summed E-state index contributed by atoms with van der Waals surface area (Å²) in [5.74, 6) is -0.201. The predicted octanol–water partition coefficient (Wildman–Crippen LogP) is 5.51. The third kappa shape index (κ3) is 9.68. The number of nitrogens with zero attached hydrogens (tertiary/aromatic N) is 2. The van der Waals surface area contributed by atoms with Crippen LogP contribution in [0.1, 0.15) is 35.6 Å². The topological polar surface area (TPSA) is 96.0 Å². The first-order valence-electron chi connectivity index (χ1n) is 15.1. The summed E-state index contributed by atoms with van der Waals surface area (Å²) in [4.78, 5) is 29.4. The lowest BCUT2D eigenvalue weighted by Gasteiger charge is -2.34. The molecule has 8 nitrogen and oxygen atoms in total. The first-order chi connectivity index (χ1) is 21.7. The van der Waals surface area contributed by atoms with Crippen molar-refractivity contribution < 1.29 is 22.7 Å². The van der Waals surface area contributed by atoms with Crippen LogP contribution in [0.2, 0.25) is 0 Å². The number of carbonyl (C=O) groups is 2. The number of nitrogens with one attached hydrogen (secondary N) is 1. The molecule has 0 radical (unpaired) electrons. The van der Waals surface area contributed by atoms with Gasteiger partial charge in [0.2, 0.25) is 21.8 Å². The summed E-state index contributed by atoms with van der Waals surface area (Å²) in [5.41, 5.74) is 4.06. The van der Waals surface area contributed by atoms with Crippen LogP contribution in [0.5, 0.6) is 5.75 Å². The molecule has 0 spiro atoms. The fraction of sp³-hybridized carbons (Fsp3) is 0.278. The molecule has 0 saturated carbocycles. The summed E-state index contributed by atoms with van der Waals surface area (Å²) in [7, 11) is -3.87. The highest BCUT2D eigenvalue weighted by Gasteiger charge is 2.33. The van der Waals surface area contributed by atoms with Gasteiger partial charge in [-0.25, -0.2) is 8.42 Å². The van der Waals surface area contributed by atoms with Crippen molar-refractivity contribution >= 4 is 27.5 Å². The van der Waals surface area contributed by atoms with Crippen LogP contribution in [0.25, 0.3) is 0 Å². The fourth-order valence-corrected chi connectivity index (χ4v) is 5.80. The average molecular weight is 628 g/mol. The van der Waals surface area contributed by atoms with Gasteiger partial charge in [-0.05, 0) is 59.9 Å². The van der Waals surface area contributed by atoms with E-state index in [4.69, 9.17) is 4.74 Å². The number of hydrogen-bond acceptors (Lipinski definition) is 5. The number of rotatable bonds is 15. The van der Waals surface area contributed by atoms with E-state index in [9.17, 15) is 18.0 Å². The Kier molecular flexibility index (Phi) is 11.8. The Morgan fingerprint density at radius 3 is 2.02 bits per heavy atom. The van der Waals surface area contributed by atoms with Gasteiger partial charge >= 0.3 is 0 Å². The minimum Gasteiger partial charge on any atom is -0.489 e. The Morgan fingerprint density at radius 2 is 1.42 bits per heavy atom. The smallest absolute Gasteiger partial charge is 0.244 e. The van der Waals surface area contributed by atoms with Gasteiger partial charge in [-0.2, -0.15) is 0 Å². The lowest BCUT2D eigenvalue weighted by Crippen LogP contribution is -2.53. The van der Waals surface area contributed by atoms with Crippen molar-refractivity contribution in [2.45, 2.75) is 45.9 Å². The SMILES string of the molecule is CCCNC(=O)C(Cc1ccccc1)N(Cc1ccccc1C)C(=O)CN(c1ccc(OCc2ccccc2)cc1)S(C)(=O)=O. The van der Waals surface area contributed by atoms with Gasteiger partial charge in [-0.3, -0.25) is 13.9 Å². The molecule has 0 saturated heterocycles. The number of anilines is 1. The molecule has 4 aromatic carbocycles. The standard InChI is InChI=1S/C36H41N3O5S/c1-4-23-37-36(41)34(24-29-14-7-5-8-15-29)38(25-31-18-12-11-13-28(31)2)35(40)26-39(45(3,42)43)32-19-21-33(22-20-32)44-27-30-16-9-6-10-17-30/h5-22,34H,4,23-27H2,1-3H3,(H,37,41). The second-order valence-corrected chi connectivity index (χ2v) is 12.9. The molecule has 0 fully saturated rings. The van der Waals surface area contributed by atoms with Gasteiger partial charge in [-0.15, -0.1) is 0 Å². The molecule has 1 unspecified atom stereocenters. The molecule has 236 valence electrons. The average Bonchev–Trinajstić information content (AvgIpc) is 3.04. The normalized spacial score (nSPS) is 11.8. The molecule has 4 aromatic rings. The number of benzene rings is 4. The second kappa shape index (κ2) is 15.9. The number of ether oxygens (including phenoxy) is 1. The van der Waals surface area contributed by atoms with E-state index >= 15 is 0 Å². The lowest BCUT2D eigenvalue weighted by atomic mass is 10.0. The first kappa shape index (κ1) is 33.3. The van der Waals surface area contributed by atoms with Crippen LogP contribution < -0.4 is 14.4 Å². The fourth-order valence-electron chi connectivity index (χ4n) is 4.95. The van der Waals surface area contributed by atoms with E-state index in [-0.39, 0.29) is 18.9 Å². The van der Waals surface area contributed by atoms with Gasteiger partial charge < -0.3 is 15.0 Å². The van der Waals surface area contributed by atoms with Crippen LogP contribution >= 0.6 is 0 Å². The van der Waals surface area contributed by atoms with E-state index in [1.165, 1.54) is 4.90 Å². The van der Waals surface area contributed by atoms with Gasteiger partial charge in [0.25, 0.3) is 0 Å². The van der Waals surface area contributed by atoms with Gasteiger partial charge in [0, 0.05) is 19.5 Å². The lowest BCUT2D eigenvalue weighted by molar-refractivity contribution is -0.140. The summed E-state index contributed by atoms with van der Waals surface area (Å²) in [6, 6.07) is 32.7. The van der Waals surface area contributed by atoms with Gasteiger partial charge in [-0.1, -0.05) is 91.9 Å². The summed E-state index contributed by atoms with van der Waals surface area (Å²) >= 11 is 0. The molecule has 1 N–H and O–H groups in total. The van der Waals surface area contributed by atoms with Gasteiger partial charge in [0.15, 0.2) is 0 Å². The van der Waals surface area contributed by atoms with E-state index in [0.717, 1.165) is 39.2 Å². The molecular weight excluding hydrogens is 586 g/mol. The van der Waals surface area contributed by atoms with E-state index in [1.54, 1.807) is 24.3 Å². The highest BCUT2D eigenvalue weighted by atomic mass is 32.2. The van der Waals surface area contributed by atoms with E-state index in [2.05, 4.69) is 5.32 Å². The highest BCUT2D eigenvalue weighted by molar-refractivity contribution is 7.92. The number of carbonyl (C=O) groups excluding carboxylic acids is 2. The molecule has 2 amide bonds. The quantitative estimate of drug-likeness (QED) is 0.188. The Hall–Kier alpha value is -4.63. The van der Waals surface area contributed by atoms with E-state index in [1.807, 2.05) is 98.8 Å². The zero-order valence-corrected chi connectivity index (χ0v) is 26.9. The minimum atomic E-state index is -3.87. The summed E-state index contributed by atoms with van der Waals surface area (Å²) in [6.07, 6.45) is 2.09. The van der Waals surface area contributed by atoms with Crippen LogP contribution in [0.3, 0.4) is 0 Å². The number of aryl methyl sites for hydroxylation is 1. The molecule has 0 heterocycles. The monoisotopic (exact) mass is 627 g/mol. The maximum atomic E-state index is 14.2. The zero-order chi connectivity index (χ0) is 32.2. The zero-order valence-electron chi connectivity index (χ0n) is 26.1. The predicted molar refractivity (Wildman–Crippen MR) is 178 cm³/mol. The molecule has 0 aliphatic rings. The highest BCUT2D eigenvalue weighted by Crippen LogP contribution is 2.24. The molecule has 45 heavy (non-hydrogen) atoms. The van der Waals surface area contributed by atoms with Crippen LogP contribution in [0.15, 0.2) is 109 Å². The third-order valence-corrected chi connectivity index (χ3v) is 8.62. The van der Waals surface area contributed by atoms with Crippen molar-refractivity contribution in [1.82, 2.24) is 10.2 Å². The van der Waals surface area contributed by atoms with Crippen molar-refractivity contribution in [2.75, 3.05) is 23.7 Å². The van der Waals surface area contributed by atoms with Crippen LogP contribution in [-0.2, 0) is 39.2 Å². The van der Waals surface area contributed by atoms with E-state index < -0.39 is 28.5 Å². The molecule has 0 aromatic heterocycles. The van der Waals surface area contributed by atoms with Crippen LogP contribution in [-0.4, -0.2) is 50.5 Å². The third-order valence-electron chi connectivity index (χ3n) is 7.47. The van der Waals surface area contributed by atoms with Crippen LogP contribution in [0, 0.1) is 6.92 Å². The number of hydrogen-bond donors (Lipinski definition) is 1. The molecule has 0 aliphatic carbocycles. The van der Waals surface area contributed by atoms with Gasteiger partial charge in [0.1, 0.15) is 24.9 Å². The summed E-state index contributed by atoms with van der Waals surface area (Å²) in [6.45, 7) is 4.42. The van der Waals surface area contributed by atoms with Crippen molar-refractivity contribution in [2.24, 2.45) is 0 Å². The largest absolute Gasteiger partial charge is 0.489 e. The maximum absolute atomic E-state index is 14.2. The maximum Gasteiger partial charge on any atom is 0.244 e. The van der Waals surface area contributed by atoms with Gasteiger partial charge in [0.05, 0.1) is 11.9 Å². The van der Waals surface area contributed by atoms with E-state index in [0.29, 0.717) is 24.6 Å². The Labute approximate surface area is 266 Å². The summed E-state index contributed by atoms with van der Waals surface area (Å²) in [5, 5.41) is 2.96. The first-order valence-corrected chi connectivity index (χ1v) is 16.9. The molecular formula is C36H41N3O5S. The van der Waals surface area contributed by atoms with Crippen molar-refractivity contribution in [3.05, 3.63) is 131 Å². The number of sulfonamides is 1. The molecule has 0 bridgehead atoms. The molecule has 4 rings (SSSR count). The second-order valence-electron chi connectivity index (χ2n) is 11.0. The molecule has 1 atom stereocenters. The Morgan fingerprint density at radius 1 is 0.822 bits per heavy atom. The Bertz CT molecular complexity index is 1650. The number of amides is 2. The van der Waals surface area contributed by atoms with Crippen molar-refractivity contribution in [3.63, 3.8) is 0 Å². The minimum absolute atomic E-state index is 0.145.